The van der Waals surface area contributed by atoms with Crippen LogP contribution >= 0.6 is 0 Å². The number of piperidine rings is 1. The first-order valence-corrected chi connectivity index (χ1v) is 9.72. The molecule has 0 aromatic heterocycles. The number of sulfonamides is 1. The van der Waals surface area contributed by atoms with Crippen molar-refractivity contribution in [1.82, 2.24) is 9.62 Å². The highest BCUT2D eigenvalue weighted by Gasteiger charge is 2.23. The molecule has 0 unspecified atom stereocenters. The summed E-state index contributed by atoms with van der Waals surface area (Å²) in [5, 5.41) is 0. The Hall–Kier alpha value is -0.910. The summed E-state index contributed by atoms with van der Waals surface area (Å²) in [6, 6.07) is 7.36. The summed E-state index contributed by atoms with van der Waals surface area (Å²) in [6.45, 7) is 9.44. The summed E-state index contributed by atoms with van der Waals surface area (Å²) >= 11 is 0. The Morgan fingerprint density at radius 1 is 1.18 bits per heavy atom. The van der Waals surface area contributed by atoms with Crippen LogP contribution in [0.4, 0.5) is 0 Å². The number of nitrogens with zero attached hydrogens (tertiary/aromatic N) is 1. The molecule has 4 nitrogen and oxygen atoms in total. The van der Waals surface area contributed by atoms with Crippen molar-refractivity contribution in [2.45, 2.75) is 51.0 Å². The molecular weight excluding hydrogens is 296 g/mol. The number of hydrogen-bond acceptors (Lipinski definition) is 3. The number of hydrogen-bond donors (Lipinski definition) is 1. The van der Waals surface area contributed by atoms with E-state index in [2.05, 4.69) is 30.4 Å². The Kier molecular flexibility index (Phi) is 6.01. The fourth-order valence-electron chi connectivity index (χ4n) is 2.93. The standard InChI is InChI=1S/C17H28N2O2S/c1-4-19-11-9-16(10-12-19)18-22(20,21)17-7-5-15(6-8-17)13-14(2)3/h5-8,14,16,18H,4,9-13H2,1-3H3. The molecule has 0 atom stereocenters. The Labute approximate surface area is 135 Å². The minimum atomic E-state index is -3.40. The molecule has 1 aromatic carbocycles. The summed E-state index contributed by atoms with van der Waals surface area (Å²) in [7, 11) is -3.40. The van der Waals surface area contributed by atoms with Crippen LogP contribution in [0.1, 0.15) is 39.2 Å². The van der Waals surface area contributed by atoms with Crippen molar-refractivity contribution < 1.29 is 8.42 Å². The van der Waals surface area contributed by atoms with E-state index in [-0.39, 0.29) is 6.04 Å². The van der Waals surface area contributed by atoms with Crippen LogP contribution in [0.5, 0.6) is 0 Å². The van der Waals surface area contributed by atoms with E-state index < -0.39 is 10.0 Å². The first-order chi connectivity index (χ1) is 10.4. The van der Waals surface area contributed by atoms with Crippen LogP contribution in [0, 0.1) is 5.92 Å². The minimum Gasteiger partial charge on any atom is -0.303 e. The zero-order chi connectivity index (χ0) is 16.2. The molecule has 5 heteroatoms. The highest BCUT2D eigenvalue weighted by Crippen LogP contribution is 2.16. The third-order valence-electron chi connectivity index (χ3n) is 4.23. The van der Waals surface area contributed by atoms with Gasteiger partial charge < -0.3 is 4.90 Å². The Bertz CT molecular complexity index is 559. The maximum absolute atomic E-state index is 12.5. The molecule has 1 saturated heterocycles. The lowest BCUT2D eigenvalue weighted by Crippen LogP contribution is -2.44. The quantitative estimate of drug-likeness (QED) is 0.875. The van der Waals surface area contributed by atoms with E-state index in [0.717, 1.165) is 38.9 Å². The van der Waals surface area contributed by atoms with Crippen LogP contribution in [-0.2, 0) is 16.4 Å². The van der Waals surface area contributed by atoms with Gasteiger partial charge in [0, 0.05) is 6.04 Å². The van der Waals surface area contributed by atoms with Gasteiger partial charge in [0.25, 0.3) is 0 Å². The molecule has 1 N–H and O–H groups in total. The van der Waals surface area contributed by atoms with E-state index in [9.17, 15) is 8.42 Å². The van der Waals surface area contributed by atoms with Gasteiger partial charge in [-0.25, -0.2) is 13.1 Å². The molecule has 22 heavy (non-hydrogen) atoms. The molecular formula is C17H28N2O2S. The van der Waals surface area contributed by atoms with Crippen LogP contribution in [0.2, 0.25) is 0 Å². The number of benzene rings is 1. The molecule has 2 rings (SSSR count). The monoisotopic (exact) mass is 324 g/mol. The van der Waals surface area contributed by atoms with Gasteiger partial charge in [0.05, 0.1) is 4.90 Å². The second-order valence-electron chi connectivity index (χ2n) is 6.57. The zero-order valence-corrected chi connectivity index (χ0v) is 14.7. The molecule has 1 fully saturated rings. The van der Waals surface area contributed by atoms with Crippen LogP contribution in [-0.4, -0.2) is 39.0 Å². The van der Waals surface area contributed by atoms with E-state index in [1.165, 1.54) is 5.56 Å². The largest absolute Gasteiger partial charge is 0.303 e. The Balaban J connectivity index is 1.98. The molecule has 1 aromatic rings. The average Bonchev–Trinajstić information content (AvgIpc) is 2.47. The normalized spacial score (nSPS) is 18.0. The van der Waals surface area contributed by atoms with Gasteiger partial charge in [0.1, 0.15) is 0 Å². The summed E-state index contributed by atoms with van der Waals surface area (Å²) < 4.78 is 27.8. The third-order valence-corrected chi connectivity index (χ3v) is 5.77. The van der Waals surface area contributed by atoms with Gasteiger partial charge >= 0.3 is 0 Å². The van der Waals surface area contributed by atoms with Crippen molar-refractivity contribution in [3.05, 3.63) is 29.8 Å². The van der Waals surface area contributed by atoms with Gasteiger partial charge in [-0.1, -0.05) is 32.9 Å². The van der Waals surface area contributed by atoms with Gasteiger partial charge in [0.15, 0.2) is 0 Å². The fraction of sp³-hybridized carbons (Fsp3) is 0.647. The van der Waals surface area contributed by atoms with E-state index in [0.29, 0.717) is 10.8 Å². The van der Waals surface area contributed by atoms with Gasteiger partial charge in [0.2, 0.25) is 10.0 Å². The molecule has 0 spiro atoms. The van der Waals surface area contributed by atoms with Crippen LogP contribution in [0.15, 0.2) is 29.2 Å². The van der Waals surface area contributed by atoms with Crippen molar-refractivity contribution >= 4 is 10.0 Å². The van der Waals surface area contributed by atoms with Crippen LogP contribution in [0.25, 0.3) is 0 Å². The first-order valence-electron chi connectivity index (χ1n) is 8.24. The maximum Gasteiger partial charge on any atom is 0.240 e. The average molecular weight is 324 g/mol. The third kappa shape index (κ3) is 4.80. The first kappa shape index (κ1) is 17.4. The van der Waals surface area contributed by atoms with Gasteiger partial charge in [-0.2, -0.15) is 0 Å². The molecule has 0 saturated carbocycles. The predicted molar refractivity (Wildman–Crippen MR) is 90.4 cm³/mol. The van der Waals surface area contributed by atoms with Crippen molar-refractivity contribution in [3.8, 4) is 0 Å². The Morgan fingerprint density at radius 2 is 1.77 bits per heavy atom. The highest BCUT2D eigenvalue weighted by atomic mass is 32.2. The Morgan fingerprint density at radius 3 is 2.27 bits per heavy atom. The van der Waals surface area contributed by atoms with Gasteiger partial charge in [-0.15, -0.1) is 0 Å². The molecule has 1 aliphatic rings. The minimum absolute atomic E-state index is 0.0585. The molecule has 0 amide bonds. The van der Waals surface area contributed by atoms with E-state index in [4.69, 9.17) is 0 Å². The summed E-state index contributed by atoms with van der Waals surface area (Å²) in [5.41, 5.74) is 1.19. The SMILES string of the molecule is CCN1CCC(NS(=O)(=O)c2ccc(CC(C)C)cc2)CC1. The number of nitrogens with one attached hydrogen (secondary N) is 1. The van der Waals surface area contributed by atoms with Crippen molar-refractivity contribution in [2.75, 3.05) is 19.6 Å². The molecule has 0 bridgehead atoms. The smallest absolute Gasteiger partial charge is 0.240 e. The lowest BCUT2D eigenvalue weighted by atomic mass is 10.0. The number of likely N-dealkylation sites (tertiary alicyclic amines) is 1. The van der Waals surface area contributed by atoms with Crippen molar-refractivity contribution in [2.24, 2.45) is 5.92 Å². The summed E-state index contributed by atoms with van der Waals surface area (Å²) in [6.07, 6.45) is 2.75. The maximum atomic E-state index is 12.5. The summed E-state index contributed by atoms with van der Waals surface area (Å²) in [5.74, 6) is 0.573. The zero-order valence-electron chi connectivity index (χ0n) is 13.9. The van der Waals surface area contributed by atoms with E-state index in [1.807, 2.05) is 12.1 Å². The predicted octanol–water partition coefficient (Wildman–Crippen LogP) is 2.65. The van der Waals surface area contributed by atoms with Crippen LogP contribution < -0.4 is 4.72 Å². The molecule has 0 aliphatic carbocycles. The number of rotatable bonds is 6. The molecule has 124 valence electrons. The second-order valence-corrected chi connectivity index (χ2v) is 8.29. The summed E-state index contributed by atoms with van der Waals surface area (Å²) in [4.78, 5) is 2.73. The molecule has 1 heterocycles. The lowest BCUT2D eigenvalue weighted by Gasteiger charge is -2.31. The van der Waals surface area contributed by atoms with Crippen molar-refractivity contribution in [3.63, 3.8) is 0 Å². The van der Waals surface area contributed by atoms with Gasteiger partial charge in [-0.3, -0.25) is 0 Å². The lowest BCUT2D eigenvalue weighted by molar-refractivity contribution is 0.217. The van der Waals surface area contributed by atoms with Crippen molar-refractivity contribution in [1.29, 1.82) is 0 Å². The molecule has 1 aliphatic heterocycles. The van der Waals surface area contributed by atoms with Gasteiger partial charge in [-0.05, 0) is 62.5 Å². The second kappa shape index (κ2) is 7.57. The topological polar surface area (TPSA) is 49.4 Å². The van der Waals surface area contributed by atoms with E-state index in [1.54, 1.807) is 12.1 Å². The highest BCUT2D eigenvalue weighted by molar-refractivity contribution is 7.89. The fourth-order valence-corrected chi connectivity index (χ4v) is 4.24. The van der Waals surface area contributed by atoms with E-state index >= 15 is 0 Å². The molecule has 0 radical (unpaired) electrons. The van der Waals surface area contributed by atoms with Crippen LogP contribution in [0.3, 0.4) is 0 Å².